The molecule has 0 atom stereocenters. The molecule has 24 heavy (non-hydrogen) atoms. The Morgan fingerprint density at radius 2 is 1.79 bits per heavy atom. The van der Waals surface area contributed by atoms with Gasteiger partial charge in [-0.25, -0.2) is 9.37 Å². The van der Waals surface area contributed by atoms with E-state index in [4.69, 9.17) is 0 Å². The van der Waals surface area contributed by atoms with Crippen LogP contribution in [-0.4, -0.2) is 42.0 Å². The molecule has 2 heterocycles. The van der Waals surface area contributed by atoms with Crippen molar-refractivity contribution in [3.63, 3.8) is 0 Å². The van der Waals surface area contributed by atoms with Crippen LogP contribution in [0.2, 0.25) is 0 Å². The zero-order valence-corrected chi connectivity index (χ0v) is 13.6. The first-order valence-electron chi connectivity index (χ1n) is 8.09. The number of anilines is 2. The van der Waals surface area contributed by atoms with Crippen molar-refractivity contribution in [1.29, 1.82) is 0 Å². The number of hydrogen-bond donors (Lipinski definition) is 2. The fraction of sp³-hybridized carbons (Fsp3) is 0.333. The third kappa shape index (κ3) is 4.29. The maximum absolute atomic E-state index is 12.9. The minimum Gasteiger partial charge on any atom is -0.367 e. The molecule has 0 bridgehead atoms. The van der Waals surface area contributed by atoms with Crippen molar-refractivity contribution >= 4 is 17.5 Å². The highest BCUT2D eigenvalue weighted by Gasteiger charge is 2.16. The molecular weight excluding hydrogens is 307 g/mol. The maximum Gasteiger partial charge on any atom is 0.256 e. The van der Waals surface area contributed by atoms with Crippen molar-refractivity contribution in [2.24, 2.45) is 0 Å². The number of halogens is 1. The van der Waals surface area contributed by atoms with Gasteiger partial charge < -0.3 is 15.5 Å². The summed E-state index contributed by atoms with van der Waals surface area (Å²) in [5, 5.41) is 6.17. The lowest BCUT2D eigenvalue weighted by Gasteiger charge is -2.29. The highest BCUT2D eigenvalue weighted by molar-refractivity contribution is 6.03. The van der Waals surface area contributed by atoms with Crippen LogP contribution in [-0.2, 0) is 0 Å². The van der Waals surface area contributed by atoms with Crippen molar-refractivity contribution in [3.05, 3.63) is 53.8 Å². The third-order valence-corrected chi connectivity index (χ3v) is 4.17. The van der Waals surface area contributed by atoms with Crippen LogP contribution >= 0.6 is 0 Å². The van der Waals surface area contributed by atoms with Crippen molar-refractivity contribution < 1.29 is 9.18 Å². The van der Waals surface area contributed by atoms with Crippen LogP contribution in [0.4, 0.5) is 16.0 Å². The van der Waals surface area contributed by atoms with Crippen molar-refractivity contribution in [2.75, 3.05) is 30.8 Å². The fourth-order valence-electron chi connectivity index (χ4n) is 2.74. The first-order valence-corrected chi connectivity index (χ1v) is 8.09. The number of piperidine rings is 1. The number of amides is 1. The van der Waals surface area contributed by atoms with Gasteiger partial charge in [0, 0.05) is 11.6 Å². The van der Waals surface area contributed by atoms with Gasteiger partial charge >= 0.3 is 0 Å². The molecule has 5 nitrogen and oxygen atoms in total. The lowest BCUT2D eigenvalue weighted by atomic mass is 10.1. The van der Waals surface area contributed by atoms with Gasteiger partial charge in [-0.05, 0) is 69.4 Å². The first-order chi connectivity index (χ1) is 11.6. The predicted molar refractivity (Wildman–Crippen MR) is 92.7 cm³/mol. The number of carbonyl (C=O) groups excluding carboxylic acids is 1. The fourth-order valence-corrected chi connectivity index (χ4v) is 2.74. The number of pyridine rings is 1. The largest absolute Gasteiger partial charge is 0.367 e. The lowest BCUT2D eigenvalue weighted by molar-refractivity contribution is 0.102. The van der Waals surface area contributed by atoms with E-state index in [2.05, 4.69) is 27.6 Å². The second kappa shape index (κ2) is 7.40. The van der Waals surface area contributed by atoms with E-state index in [-0.39, 0.29) is 11.7 Å². The van der Waals surface area contributed by atoms with Crippen LogP contribution in [0.25, 0.3) is 0 Å². The summed E-state index contributed by atoms with van der Waals surface area (Å²) in [4.78, 5) is 18.9. The zero-order valence-electron chi connectivity index (χ0n) is 13.6. The average Bonchev–Trinajstić information content (AvgIpc) is 2.58. The number of nitrogens with one attached hydrogen (secondary N) is 2. The summed E-state index contributed by atoms with van der Waals surface area (Å²) in [6.45, 7) is 2.14. The number of rotatable bonds is 4. The van der Waals surface area contributed by atoms with Gasteiger partial charge in [-0.1, -0.05) is 6.07 Å². The van der Waals surface area contributed by atoms with Gasteiger partial charge in [0.1, 0.15) is 17.5 Å². The molecule has 0 radical (unpaired) electrons. The molecule has 2 N–H and O–H groups in total. The SMILES string of the molecule is CN1CCC(Nc2cccc(NC(=O)c3ccc(F)cc3)n2)CC1. The number of aromatic nitrogens is 1. The molecule has 1 aliphatic rings. The smallest absolute Gasteiger partial charge is 0.256 e. The molecular formula is C18H21FN4O. The molecule has 0 spiro atoms. The number of hydrogen-bond acceptors (Lipinski definition) is 4. The second-order valence-corrected chi connectivity index (χ2v) is 6.09. The average molecular weight is 328 g/mol. The van der Waals surface area contributed by atoms with Crippen LogP contribution in [0, 0.1) is 5.82 Å². The monoisotopic (exact) mass is 328 g/mol. The van der Waals surface area contributed by atoms with Crippen LogP contribution < -0.4 is 10.6 Å². The van der Waals surface area contributed by atoms with Gasteiger partial charge in [0.05, 0.1) is 0 Å². The molecule has 1 amide bonds. The number of likely N-dealkylation sites (tertiary alicyclic amines) is 1. The zero-order chi connectivity index (χ0) is 16.9. The molecule has 1 saturated heterocycles. The Kier molecular flexibility index (Phi) is 5.05. The van der Waals surface area contributed by atoms with Crippen LogP contribution in [0.1, 0.15) is 23.2 Å². The van der Waals surface area contributed by atoms with Gasteiger partial charge in [-0.2, -0.15) is 0 Å². The highest BCUT2D eigenvalue weighted by atomic mass is 19.1. The Labute approximate surface area is 140 Å². The molecule has 1 aromatic carbocycles. The van der Waals surface area contributed by atoms with Gasteiger partial charge in [0.2, 0.25) is 0 Å². The molecule has 3 rings (SSSR count). The van der Waals surface area contributed by atoms with E-state index >= 15 is 0 Å². The molecule has 2 aromatic rings. The van der Waals surface area contributed by atoms with E-state index in [0.29, 0.717) is 17.4 Å². The molecule has 1 aliphatic heterocycles. The van der Waals surface area contributed by atoms with Crippen LogP contribution in [0.5, 0.6) is 0 Å². The van der Waals surface area contributed by atoms with Crippen molar-refractivity contribution in [3.8, 4) is 0 Å². The van der Waals surface area contributed by atoms with Gasteiger partial charge in [-0.15, -0.1) is 0 Å². The molecule has 1 fully saturated rings. The van der Waals surface area contributed by atoms with Crippen molar-refractivity contribution in [2.45, 2.75) is 18.9 Å². The Hall–Kier alpha value is -2.47. The Morgan fingerprint density at radius 3 is 2.50 bits per heavy atom. The lowest BCUT2D eigenvalue weighted by Crippen LogP contribution is -2.36. The summed E-state index contributed by atoms with van der Waals surface area (Å²) in [5.74, 6) is 0.552. The molecule has 0 saturated carbocycles. The van der Waals surface area contributed by atoms with Crippen LogP contribution in [0.15, 0.2) is 42.5 Å². The topological polar surface area (TPSA) is 57.3 Å². The quantitative estimate of drug-likeness (QED) is 0.906. The molecule has 126 valence electrons. The maximum atomic E-state index is 12.9. The molecule has 0 aliphatic carbocycles. The summed E-state index contributed by atoms with van der Waals surface area (Å²) in [6, 6.07) is 11.3. The Bertz CT molecular complexity index is 696. The minimum atomic E-state index is -0.367. The van der Waals surface area contributed by atoms with E-state index in [1.807, 2.05) is 12.1 Å². The molecule has 1 aromatic heterocycles. The summed E-state index contributed by atoms with van der Waals surface area (Å²) in [6.07, 6.45) is 2.15. The number of benzene rings is 1. The van der Waals surface area contributed by atoms with Gasteiger partial charge in [-0.3, -0.25) is 4.79 Å². The summed E-state index contributed by atoms with van der Waals surface area (Å²) in [5.41, 5.74) is 0.395. The van der Waals surface area contributed by atoms with E-state index in [1.54, 1.807) is 6.07 Å². The minimum absolute atomic E-state index is 0.307. The second-order valence-electron chi connectivity index (χ2n) is 6.09. The molecule has 6 heteroatoms. The molecule has 0 unspecified atom stereocenters. The van der Waals surface area contributed by atoms with E-state index < -0.39 is 0 Å². The normalized spacial score (nSPS) is 15.9. The Balaban J connectivity index is 1.62. The van der Waals surface area contributed by atoms with E-state index in [1.165, 1.54) is 24.3 Å². The number of nitrogens with zero attached hydrogens (tertiary/aromatic N) is 2. The van der Waals surface area contributed by atoms with E-state index in [9.17, 15) is 9.18 Å². The van der Waals surface area contributed by atoms with E-state index in [0.717, 1.165) is 31.7 Å². The van der Waals surface area contributed by atoms with Crippen molar-refractivity contribution in [1.82, 2.24) is 9.88 Å². The predicted octanol–water partition coefficient (Wildman–Crippen LogP) is 2.98. The standard InChI is InChI=1S/C18H21FN4O/c1-23-11-9-15(10-12-23)20-16-3-2-4-17(21-16)22-18(24)13-5-7-14(19)8-6-13/h2-8,15H,9-12H2,1H3,(H2,20,21,22,24). The third-order valence-electron chi connectivity index (χ3n) is 4.17. The number of carbonyl (C=O) groups is 1. The van der Waals surface area contributed by atoms with Gasteiger partial charge in [0.25, 0.3) is 5.91 Å². The van der Waals surface area contributed by atoms with Crippen LogP contribution in [0.3, 0.4) is 0 Å². The Morgan fingerprint density at radius 1 is 1.12 bits per heavy atom. The first kappa shape index (κ1) is 16.4. The summed E-state index contributed by atoms with van der Waals surface area (Å²) in [7, 11) is 2.13. The summed E-state index contributed by atoms with van der Waals surface area (Å²) >= 11 is 0. The van der Waals surface area contributed by atoms with Gasteiger partial charge in [0.15, 0.2) is 0 Å². The highest BCUT2D eigenvalue weighted by Crippen LogP contribution is 2.16. The summed E-state index contributed by atoms with van der Waals surface area (Å²) < 4.78 is 12.9.